The quantitative estimate of drug-likeness (QED) is 0.879. The van der Waals surface area contributed by atoms with E-state index in [2.05, 4.69) is 4.98 Å². The lowest BCUT2D eigenvalue weighted by Crippen LogP contribution is -1.95. The van der Waals surface area contributed by atoms with E-state index in [0.29, 0.717) is 22.1 Å². The zero-order chi connectivity index (χ0) is 10.8. The number of nitrogens with two attached hydrogens (primary N) is 1. The Bertz CT molecular complexity index is 484. The van der Waals surface area contributed by atoms with Gasteiger partial charge in [-0.1, -0.05) is 11.6 Å². The smallest absolute Gasteiger partial charge is 0.134 e. The first kappa shape index (κ1) is 10.5. The van der Waals surface area contributed by atoms with Crippen LogP contribution >= 0.6 is 22.9 Å². The second-order valence-corrected chi connectivity index (χ2v) is 4.27. The number of hydrogen-bond acceptors (Lipinski definition) is 3. The molecule has 2 nitrogen and oxygen atoms in total. The molecule has 15 heavy (non-hydrogen) atoms. The van der Waals surface area contributed by atoms with Gasteiger partial charge in [0, 0.05) is 22.5 Å². The molecule has 2 aromatic rings. The predicted molar refractivity (Wildman–Crippen MR) is 60.4 cm³/mol. The first-order valence-electron chi connectivity index (χ1n) is 4.30. The number of aromatic nitrogens is 1. The summed E-state index contributed by atoms with van der Waals surface area (Å²) in [7, 11) is 0. The summed E-state index contributed by atoms with van der Waals surface area (Å²) in [6.45, 7) is 0.367. The van der Waals surface area contributed by atoms with Crippen molar-refractivity contribution in [3.63, 3.8) is 0 Å². The minimum Gasteiger partial charge on any atom is -0.325 e. The Morgan fingerprint density at radius 2 is 2.27 bits per heavy atom. The summed E-state index contributed by atoms with van der Waals surface area (Å²) >= 11 is 7.03. The summed E-state index contributed by atoms with van der Waals surface area (Å²) in [5.41, 5.74) is 6.66. The van der Waals surface area contributed by atoms with Crippen molar-refractivity contribution < 1.29 is 4.39 Å². The van der Waals surface area contributed by atoms with Gasteiger partial charge in [0.1, 0.15) is 10.8 Å². The largest absolute Gasteiger partial charge is 0.325 e. The van der Waals surface area contributed by atoms with E-state index in [4.69, 9.17) is 17.3 Å². The van der Waals surface area contributed by atoms with E-state index < -0.39 is 0 Å². The molecule has 0 spiro atoms. The van der Waals surface area contributed by atoms with Gasteiger partial charge in [0.2, 0.25) is 0 Å². The number of thiazole rings is 1. The van der Waals surface area contributed by atoms with Gasteiger partial charge in [-0.05, 0) is 18.2 Å². The SMILES string of the molecule is NCc1csc(-c2ccc(Cl)cc2F)n1. The molecule has 2 N–H and O–H groups in total. The Morgan fingerprint density at radius 3 is 2.87 bits per heavy atom. The summed E-state index contributed by atoms with van der Waals surface area (Å²) in [5.74, 6) is -0.361. The molecule has 0 aliphatic rings. The van der Waals surface area contributed by atoms with Crippen molar-refractivity contribution in [1.29, 1.82) is 0 Å². The van der Waals surface area contributed by atoms with Crippen LogP contribution in [-0.2, 0) is 6.54 Å². The average Bonchev–Trinajstić information content (AvgIpc) is 2.66. The lowest BCUT2D eigenvalue weighted by atomic mass is 10.2. The zero-order valence-corrected chi connectivity index (χ0v) is 9.28. The van der Waals surface area contributed by atoms with E-state index >= 15 is 0 Å². The highest BCUT2D eigenvalue weighted by Gasteiger charge is 2.09. The van der Waals surface area contributed by atoms with Crippen LogP contribution in [0.15, 0.2) is 23.6 Å². The molecular weight excluding hydrogens is 235 g/mol. The van der Waals surface area contributed by atoms with Crippen LogP contribution in [0.3, 0.4) is 0 Å². The maximum Gasteiger partial charge on any atom is 0.134 e. The molecule has 0 radical (unpaired) electrons. The molecule has 1 aromatic carbocycles. The number of halogens is 2. The number of benzene rings is 1. The van der Waals surface area contributed by atoms with Crippen LogP contribution < -0.4 is 5.73 Å². The molecule has 0 unspecified atom stereocenters. The van der Waals surface area contributed by atoms with E-state index in [1.165, 1.54) is 17.4 Å². The Morgan fingerprint density at radius 1 is 1.47 bits per heavy atom. The van der Waals surface area contributed by atoms with Crippen LogP contribution in [0.25, 0.3) is 10.6 Å². The third-order valence-electron chi connectivity index (χ3n) is 1.92. The Labute approximate surface area is 95.5 Å². The number of nitrogens with zero attached hydrogens (tertiary/aromatic N) is 1. The molecule has 0 amide bonds. The van der Waals surface area contributed by atoms with Gasteiger partial charge in [0.25, 0.3) is 0 Å². The van der Waals surface area contributed by atoms with Crippen molar-refractivity contribution in [2.45, 2.75) is 6.54 Å². The van der Waals surface area contributed by atoms with Gasteiger partial charge in [-0.25, -0.2) is 9.37 Å². The summed E-state index contributed by atoms with van der Waals surface area (Å²) < 4.78 is 13.5. The minimum absolute atomic E-state index is 0.361. The van der Waals surface area contributed by atoms with E-state index in [9.17, 15) is 4.39 Å². The predicted octanol–water partition coefficient (Wildman–Crippen LogP) is 3.06. The summed E-state index contributed by atoms with van der Waals surface area (Å²) in [4.78, 5) is 4.20. The average molecular weight is 243 g/mol. The fourth-order valence-corrected chi connectivity index (χ4v) is 2.21. The van der Waals surface area contributed by atoms with Gasteiger partial charge in [-0.15, -0.1) is 11.3 Å². The summed E-state index contributed by atoms with van der Waals surface area (Å²) in [6, 6.07) is 4.54. The topological polar surface area (TPSA) is 38.9 Å². The van der Waals surface area contributed by atoms with Crippen molar-refractivity contribution in [2.75, 3.05) is 0 Å². The molecule has 0 saturated heterocycles. The molecule has 0 atom stereocenters. The third kappa shape index (κ3) is 2.17. The molecule has 5 heteroatoms. The summed E-state index contributed by atoms with van der Waals surface area (Å²) in [6.07, 6.45) is 0. The van der Waals surface area contributed by atoms with Gasteiger partial charge < -0.3 is 5.73 Å². The third-order valence-corrected chi connectivity index (χ3v) is 3.08. The highest BCUT2D eigenvalue weighted by molar-refractivity contribution is 7.13. The van der Waals surface area contributed by atoms with E-state index in [1.54, 1.807) is 12.1 Å². The zero-order valence-electron chi connectivity index (χ0n) is 7.71. The maximum atomic E-state index is 13.5. The molecule has 0 saturated carbocycles. The monoisotopic (exact) mass is 242 g/mol. The molecule has 0 bridgehead atoms. The molecule has 2 rings (SSSR count). The van der Waals surface area contributed by atoms with E-state index in [1.807, 2.05) is 5.38 Å². The Kier molecular flexibility index (Phi) is 3.00. The van der Waals surface area contributed by atoms with Gasteiger partial charge in [-0.2, -0.15) is 0 Å². The maximum absolute atomic E-state index is 13.5. The molecule has 0 fully saturated rings. The second-order valence-electron chi connectivity index (χ2n) is 2.97. The van der Waals surface area contributed by atoms with Gasteiger partial charge in [-0.3, -0.25) is 0 Å². The standard InChI is InChI=1S/C10H8ClFN2S/c11-6-1-2-8(9(12)3-6)10-14-7(4-13)5-15-10/h1-3,5H,4,13H2. The first-order chi connectivity index (χ1) is 7.20. The van der Waals surface area contributed by atoms with Gasteiger partial charge >= 0.3 is 0 Å². The minimum atomic E-state index is -0.361. The highest BCUT2D eigenvalue weighted by Crippen LogP contribution is 2.27. The van der Waals surface area contributed by atoms with Crippen molar-refractivity contribution in [3.8, 4) is 10.6 Å². The van der Waals surface area contributed by atoms with Crippen molar-refractivity contribution in [3.05, 3.63) is 40.1 Å². The highest BCUT2D eigenvalue weighted by atomic mass is 35.5. The van der Waals surface area contributed by atoms with Crippen molar-refractivity contribution >= 4 is 22.9 Å². The van der Waals surface area contributed by atoms with Crippen molar-refractivity contribution in [1.82, 2.24) is 4.98 Å². The molecule has 0 aliphatic heterocycles. The molecule has 1 aromatic heterocycles. The fourth-order valence-electron chi connectivity index (χ4n) is 1.19. The summed E-state index contributed by atoms with van der Waals surface area (Å²) in [5, 5.41) is 2.83. The number of hydrogen-bond donors (Lipinski definition) is 1. The fraction of sp³-hybridized carbons (Fsp3) is 0.100. The van der Waals surface area contributed by atoms with E-state index in [0.717, 1.165) is 5.69 Å². The van der Waals surface area contributed by atoms with Crippen LogP contribution in [0.2, 0.25) is 5.02 Å². The molecular formula is C10H8ClFN2S. The van der Waals surface area contributed by atoms with Crippen LogP contribution in [0.4, 0.5) is 4.39 Å². The van der Waals surface area contributed by atoms with Gasteiger partial charge in [0.05, 0.1) is 5.69 Å². The van der Waals surface area contributed by atoms with Crippen LogP contribution in [0, 0.1) is 5.82 Å². The van der Waals surface area contributed by atoms with E-state index in [-0.39, 0.29) is 5.82 Å². The number of rotatable bonds is 2. The normalized spacial score (nSPS) is 10.6. The van der Waals surface area contributed by atoms with Crippen LogP contribution in [-0.4, -0.2) is 4.98 Å². The van der Waals surface area contributed by atoms with Crippen molar-refractivity contribution in [2.24, 2.45) is 5.73 Å². The Balaban J connectivity index is 2.44. The molecule has 1 heterocycles. The second kappa shape index (κ2) is 4.26. The van der Waals surface area contributed by atoms with Crippen LogP contribution in [0.1, 0.15) is 5.69 Å². The molecule has 0 aliphatic carbocycles. The Hall–Kier alpha value is -0.970. The van der Waals surface area contributed by atoms with Crippen LogP contribution in [0.5, 0.6) is 0 Å². The lowest BCUT2D eigenvalue weighted by molar-refractivity contribution is 0.631. The lowest BCUT2D eigenvalue weighted by Gasteiger charge is -1.98. The first-order valence-corrected chi connectivity index (χ1v) is 5.56. The van der Waals surface area contributed by atoms with Gasteiger partial charge in [0.15, 0.2) is 0 Å². The molecule has 78 valence electrons.